The van der Waals surface area contributed by atoms with Crippen LogP contribution in [-0.2, 0) is 6.42 Å². The number of anilines is 1. The standard InChI is InChI=1S/C15H23NO/c1-17-14-8-9-15(16)13(11-14)10-12-6-4-2-3-5-7-12/h8-9,11-12H,2-7,10,16H2,1H3. The molecule has 0 heterocycles. The van der Waals surface area contributed by atoms with E-state index in [9.17, 15) is 0 Å². The average molecular weight is 233 g/mol. The van der Waals surface area contributed by atoms with Gasteiger partial charge in [-0.1, -0.05) is 38.5 Å². The van der Waals surface area contributed by atoms with E-state index in [4.69, 9.17) is 10.5 Å². The summed E-state index contributed by atoms with van der Waals surface area (Å²) in [5.41, 5.74) is 8.22. The Kier molecular flexibility index (Phi) is 4.29. The molecule has 0 unspecified atom stereocenters. The molecule has 1 fully saturated rings. The number of benzene rings is 1. The molecule has 1 aromatic carbocycles. The van der Waals surface area contributed by atoms with Crippen LogP contribution in [0.1, 0.15) is 44.1 Å². The lowest BCUT2D eigenvalue weighted by Crippen LogP contribution is -2.06. The monoisotopic (exact) mass is 233 g/mol. The second kappa shape index (κ2) is 5.95. The van der Waals surface area contributed by atoms with E-state index < -0.39 is 0 Å². The molecule has 17 heavy (non-hydrogen) atoms. The molecule has 2 nitrogen and oxygen atoms in total. The van der Waals surface area contributed by atoms with Crippen LogP contribution in [0.15, 0.2) is 18.2 Å². The van der Waals surface area contributed by atoms with Gasteiger partial charge in [0.25, 0.3) is 0 Å². The highest BCUT2D eigenvalue weighted by molar-refractivity contribution is 5.50. The molecule has 0 radical (unpaired) electrons. The Morgan fingerprint density at radius 2 is 1.88 bits per heavy atom. The van der Waals surface area contributed by atoms with E-state index in [1.54, 1.807) is 7.11 Å². The van der Waals surface area contributed by atoms with Crippen molar-refractivity contribution >= 4 is 5.69 Å². The van der Waals surface area contributed by atoms with E-state index in [1.807, 2.05) is 12.1 Å². The third-order valence-electron chi connectivity index (χ3n) is 3.83. The second-order valence-corrected chi connectivity index (χ2v) is 5.13. The summed E-state index contributed by atoms with van der Waals surface area (Å²) in [5, 5.41) is 0. The van der Waals surface area contributed by atoms with Crippen molar-refractivity contribution in [3.63, 3.8) is 0 Å². The maximum Gasteiger partial charge on any atom is 0.119 e. The van der Waals surface area contributed by atoms with Crippen LogP contribution < -0.4 is 10.5 Å². The molecule has 94 valence electrons. The van der Waals surface area contributed by atoms with Crippen molar-refractivity contribution in [2.45, 2.75) is 44.9 Å². The van der Waals surface area contributed by atoms with Crippen LogP contribution in [0.3, 0.4) is 0 Å². The first-order valence-corrected chi connectivity index (χ1v) is 6.72. The molecular formula is C15H23NO. The van der Waals surface area contributed by atoms with Gasteiger partial charge in [-0.15, -0.1) is 0 Å². The Morgan fingerprint density at radius 1 is 1.18 bits per heavy atom. The zero-order valence-corrected chi connectivity index (χ0v) is 10.7. The summed E-state index contributed by atoms with van der Waals surface area (Å²) in [6.07, 6.45) is 9.41. The van der Waals surface area contributed by atoms with Crippen LogP contribution in [0.4, 0.5) is 5.69 Å². The van der Waals surface area contributed by atoms with Crippen molar-refractivity contribution < 1.29 is 4.74 Å². The van der Waals surface area contributed by atoms with Crippen LogP contribution in [0.25, 0.3) is 0 Å². The van der Waals surface area contributed by atoms with Gasteiger partial charge in [-0.3, -0.25) is 0 Å². The molecule has 2 rings (SSSR count). The Bertz CT molecular complexity index is 354. The molecule has 2 heteroatoms. The number of rotatable bonds is 3. The van der Waals surface area contributed by atoms with Gasteiger partial charge in [0.2, 0.25) is 0 Å². The van der Waals surface area contributed by atoms with Gasteiger partial charge in [0.05, 0.1) is 7.11 Å². The molecule has 0 spiro atoms. The summed E-state index contributed by atoms with van der Waals surface area (Å²) >= 11 is 0. The minimum atomic E-state index is 0.812. The molecular weight excluding hydrogens is 210 g/mol. The quantitative estimate of drug-likeness (QED) is 0.637. The lowest BCUT2D eigenvalue weighted by molar-refractivity contribution is 0.412. The first-order chi connectivity index (χ1) is 8.29. The van der Waals surface area contributed by atoms with Crippen molar-refractivity contribution in [2.75, 3.05) is 12.8 Å². The van der Waals surface area contributed by atoms with E-state index in [1.165, 1.54) is 44.1 Å². The minimum Gasteiger partial charge on any atom is -0.497 e. The summed E-state index contributed by atoms with van der Waals surface area (Å²) in [6.45, 7) is 0. The van der Waals surface area contributed by atoms with Gasteiger partial charge >= 0.3 is 0 Å². The highest BCUT2D eigenvalue weighted by atomic mass is 16.5. The normalized spacial score (nSPS) is 17.7. The van der Waals surface area contributed by atoms with Gasteiger partial charge in [0, 0.05) is 5.69 Å². The number of methoxy groups -OCH3 is 1. The van der Waals surface area contributed by atoms with Crippen LogP contribution >= 0.6 is 0 Å². The van der Waals surface area contributed by atoms with E-state index in [2.05, 4.69) is 6.07 Å². The van der Waals surface area contributed by atoms with Crippen LogP contribution in [-0.4, -0.2) is 7.11 Å². The van der Waals surface area contributed by atoms with E-state index in [-0.39, 0.29) is 0 Å². The van der Waals surface area contributed by atoms with Gasteiger partial charge < -0.3 is 10.5 Å². The molecule has 1 saturated carbocycles. The van der Waals surface area contributed by atoms with Gasteiger partial charge in [0.15, 0.2) is 0 Å². The highest BCUT2D eigenvalue weighted by Crippen LogP contribution is 2.29. The third-order valence-corrected chi connectivity index (χ3v) is 3.83. The SMILES string of the molecule is COc1ccc(N)c(CC2CCCCCC2)c1. The highest BCUT2D eigenvalue weighted by Gasteiger charge is 2.14. The maximum atomic E-state index is 6.04. The van der Waals surface area contributed by atoms with Gasteiger partial charge in [-0.05, 0) is 36.1 Å². The van der Waals surface area contributed by atoms with Gasteiger partial charge in [-0.2, -0.15) is 0 Å². The fourth-order valence-corrected chi connectivity index (χ4v) is 2.76. The number of nitrogen functional groups attached to an aromatic ring is 1. The lowest BCUT2D eigenvalue weighted by atomic mass is 9.92. The minimum absolute atomic E-state index is 0.812. The zero-order chi connectivity index (χ0) is 12.1. The predicted octanol–water partition coefficient (Wildman–Crippen LogP) is 3.79. The Balaban J connectivity index is 2.05. The molecule has 1 aromatic rings. The van der Waals surface area contributed by atoms with Crippen LogP contribution in [0.2, 0.25) is 0 Å². The summed E-state index contributed by atoms with van der Waals surface area (Å²) in [4.78, 5) is 0. The molecule has 1 aliphatic carbocycles. The van der Waals surface area contributed by atoms with Crippen molar-refractivity contribution in [3.05, 3.63) is 23.8 Å². The smallest absolute Gasteiger partial charge is 0.119 e. The Hall–Kier alpha value is -1.18. The van der Waals surface area contributed by atoms with Crippen LogP contribution in [0, 0.1) is 5.92 Å². The molecule has 0 bridgehead atoms. The fourth-order valence-electron chi connectivity index (χ4n) is 2.76. The van der Waals surface area contributed by atoms with E-state index in [0.717, 1.165) is 23.8 Å². The second-order valence-electron chi connectivity index (χ2n) is 5.13. The fraction of sp³-hybridized carbons (Fsp3) is 0.600. The van der Waals surface area contributed by atoms with E-state index in [0.29, 0.717) is 0 Å². The van der Waals surface area contributed by atoms with Crippen molar-refractivity contribution in [3.8, 4) is 5.75 Å². The summed E-state index contributed by atoms with van der Waals surface area (Å²) in [6, 6.07) is 6.00. The molecule has 1 aliphatic rings. The first kappa shape index (κ1) is 12.3. The Labute approximate surface area is 104 Å². The van der Waals surface area contributed by atoms with Crippen molar-refractivity contribution in [1.29, 1.82) is 0 Å². The van der Waals surface area contributed by atoms with Crippen LogP contribution in [0.5, 0.6) is 5.75 Å². The maximum absolute atomic E-state index is 6.04. The predicted molar refractivity (Wildman–Crippen MR) is 72.3 cm³/mol. The molecule has 2 N–H and O–H groups in total. The molecule has 0 aromatic heterocycles. The van der Waals surface area contributed by atoms with Gasteiger partial charge in [-0.25, -0.2) is 0 Å². The topological polar surface area (TPSA) is 35.2 Å². The number of nitrogens with two attached hydrogens (primary N) is 1. The number of hydrogen-bond acceptors (Lipinski definition) is 2. The summed E-state index contributed by atoms with van der Waals surface area (Å²) < 4.78 is 5.27. The van der Waals surface area contributed by atoms with E-state index >= 15 is 0 Å². The van der Waals surface area contributed by atoms with Gasteiger partial charge in [0.1, 0.15) is 5.75 Å². The molecule has 0 atom stereocenters. The number of hydrogen-bond donors (Lipinski definition) is 1. The average Bonchev–Trinajstić information content (AvgIpc) is 2.60. The summed E-state index contributed by atoms with van der Waals surface area (Å²) in [5.74, 6) is 1.73. The van der Waals surface area contributed by atoms with Crippen molar-refractivity contribution in [2.24, 2.45) is 5.92 Å². The zero-order valence-electron chi connectivity index (χ0n) is 10.7. The number of ether oxygens (including phenoxy) is 1. The molecule has 0 amide bonds. The molecule has 0 saturated heterocycles. The first-order valence-electron chi connectivity index (χ1n) is 6.72. The largest absolute Gasteiger partial charge is 0.497 e. The third kappa shape index (κ3) is 3.39. The molecule has 0 aliphatic heterocycles. The lowest BCUT2D eigenvalue weighted by Gasteiger charge is -2.16. The Morgan fingerprint density at radius 3 is 2.53 bits per heavy atom. The summed E-state index contributed by atoms with van der Waals surface area (Å²) in [7, 11) is 1.71. The van der Waals surface area contributed by atoms with Crippen molar-refractivity contribution in [1.82, 2.24) is 0 Å².